The molecule has 1 nitrogen and oxygen atoms in total. The Balaban J connectivity index is 1.95. The fraction of sp³-hybridized carbons (Fsp3) is 1.00. The first-order chi connectivity index (χ1) is 5.66. The van der Waals surface area contributed by atoms with Gasteiger partial charge < -0.3 is 5.11 Å². The lowest BCUT2D eigenvalue weighted by Gasteiger charge is -2.56. The summed E-state index contributed by atoms with van der Waals surface area (Å²) in [5, 5.41) is 9.94. The third-order valence-corrected chi connectivity index (χ3v) is 5.47. The van der Waals surface area contributed by atoms with Crippen LogP contribution in [0.1, 0.15) is 32.1 Å². The molecule has 4 aliphatic rings. The molecule has 0 aromatic rings. The zero-order valence-electron chi connectivity index (χ0n) is 7.17. The Bertz CT molecular complexity index is 200. The van der Waals surface area contributed by atoms with Gasteiger partial charge in [-0.1, -0.05) is 22.6 Å². The van der Waals surface area contributed by atoms with E-state index in [1.807, 2.05) is 0 Å². The van der Waals surface area contributed by atoms with Crippen LogP contribution in [-0.4, -0.2) is 14.6 Å². The van der Waals surface area contributed by atoms with Gasteiger partial charge in [0.15, 0.2) is 0 Å². The van der Waals surface area contributed by atoms with Gasteiger partial charge in [0.05, 0.1) is 6.10 Å². The van der Waals surface area contributed by atoms with Crippen LogP contribution in [0.4, 0.5) is 0 Å². The van der Waals surface area contributed by atoms with Gasteiger partial charge in [-0.2, -0.15) is 0 Å². The standard InChI is InChI=1S/C10H15IO/c11-10-3-6-1-7(4-10)9(12)8(2-6)5-10/h6-9,12H,1-5H2/t6?,7-,8+,9?,10?. The summed E-state index contributed by atoms with van der Waals surface area (Å²) < 4.78 is 0.591. The van der Waals surface area contributed by atoms with Crippen molar-refractivity contribution in [2.24, 2.45) is 17.8 Å². The molecule has 4 saturated carbocycles. The summed E-state index contributed by atoms with van der Waals surface area (Å²) >= 11 is 2.66. The second-order valence-electron chi connectivity index (χ2n) is 5.11. The molecule has 0 spiro atoms. The smallest absolute Gasteiger partial charge is 0.0597 e. The van der Waals surface area contributed by atoms with Crippen LogP contribution in [0, 0.1) is 17.8 Å². The SMILES string of the molecule is OC1[C@@H]2CC3C[C@H]1CC(I)(C3)C2. The van der Waals surface area contributed by atoms with Gasteiger partial charge in [-0.3, -0.25) is 0 Å². The highest BCUT2D eigenvalue weighted by Gasteiger charge is 2.53. The van der Waals surface area contributed by atoms with Crippen molar-refractivity contribution >= 4 is 22.6 Å². The summed E-state index contributed by atoms with van der Waals surface area (Å²) in [5.41, 5.74) is 0. The zero-order valence-corrected chi connectivity index (χ0v) is 9.33. The second-order valence-corrected chi connectivity index (χ2v) is 7.40. The highest BCUT2D eigenvalue weighted by atomic mass is 127. The summed E-state index contributed by atoms with van der Waals surface area (Å²) in [7, 11) is 0. The van der Waals surface area contributed by atoms with Crippen molar-refractivity contribution in [2.45, 2.75) is 41.6 Å². The Labute approximate surface area is 87.1 Å². The van der Waals surface area contributed by atoms with Gasteiger partial charge >= 0.3 is 0 Å². The molecule has 0 aromatic carbocycles. The first-order valence-corrected chi connectivity index (χ1v) is 6.11. The van der Waals surface area contributed by atoms with Crippen LogP contribution in [0.5, 0.6) is 0 Å². The van der Waals surface area contributed by atoms with E-state index in [-0.39, 0.29) is 6.10 Å². The van der Waals surface area contributed by atoms with Crippen LogP contribution < -0.4 is 0 Å². The zero-order chi connectivity index (χ0) is 8.34. The second kappa shape index (κ2) is 2.38. The van der Waals surface area contributed by atoms with Crippen molar-refractivity contribution in [3.8, 4) is 0 Å². The predicted octanol–water partition coefficient (Wildman–Crippen LogP) is 2.36. The van der Waals surface area contributed by atoms with Crippen molar-refractivity contribution < 1.29 is 5.11 Å². The first kappa shape index (κ1) is 8.04. The minimum absolute atomic E-state index is 0.0597. The number of hydrogen-bond acceptors (Lipinski definition) is 1. The van der Waals surface area contributed by atoms with E-state index >= 15 is 0 Å². The molecule has 12 heavy (non-hydrogen) atoms. The van der Waals surface area contributed by atoms with E-state index in [1.54, 1.807) is 0 Å². The summed E-state index contributed by atoms with van der Waals surface area (Å²) in [4.78, 5) is 0. The van der Waals surface area contributed by atoms with Crippen LogP contribution in [0.25, 0.3) is 0 Å². The van der Waals surface area contributed by atoms with E-state index in [2.05, 4.69) is 22.6 Å². The highest BCUT2D eigenvalue weighted by molar-refractivity contribution is 14.1. The first-order valence-electron chi connectivity index (χ1n) is 5.03. The predicted molar refractivity (Wildman–Crippen MR) is 56.3 cm³/mol. The Kier molecular flexibility index (Phi) is 1.59. The Morgan fingerprint density at radius 1 is 1.08 bits per heavy atom. The van der Waals surface area contributed by atoms with E-state index in [4.69, 9.17) is 0 Å². The summed E-state index contributed by atoms with van der Waals surface area (Å²) in [6.07, 6.45) is 6.73. The molecule has 4 bridgehead atoms. The monoisotopic (exact) mass is 278 g/mol. The van der Waals surface area contributed by atoms with Gasteiger partial charge in [0.25, 0.3) is 0 Å². The van der Waals surface area contributed by atoms with Crippen molar-refractivity contribution in [3.05, 3.63) is 0 Å². The van der Waals surface area contributed by atoms with Crippen LogP contribution >= 0.6 is 22.6 Å². The van der Waals surface area contributed by atoms with Gasteiger partial charge in [-0.15, -0.1) is 0 Å². The lowest BCUT2D eigenvalue weighted by Crippen LogP contribution is -2.54. The largest absolute Gasteiger partial charge is 0.393 e. The third kappa shape index (κ3) is 0.999. The van der Waals surface area contributed by atoms with E-state index in [1.165, 1.54) is 32.1 Å². The van der Waals surface area contributed by atoms with Crippen molar-refractivity contribution in [1.82, 2.24) is 0 Å². The Morgan fingerprint density at radius 2 is 1.67 bits per heavy atom. The maximum absolute atomic E-state index is 9.94. The number of hydrogen-bond donors (Lipinski definition) is 1. The minimum Gasteiger partial charge on any atom is -0.393 e. The summed E-state index contributed by atoms with van der Waals surface area (Å²) in [5.74, 6) is 2.28. The summed E-state index contributed by atoms with van der Waals surface area (Å²) in [6.45, 7) is 0. The Morgan fingerprint density at radius 3 is 2.17 bits per heavy atom. The molecule has 4 aliphatic carbocycles. The lowest BCUT2D eigenvalue weighted by atomic mass is 9.55. The molecule has 4 rings (SSSR count). The van der Waals surface area contributed by atoms with Crippen molar-refractivity contribution in [3.63, 3.8) is 0 Å². The molecule has 5 atom stereocenters. The van der Waals surface area contributed by atoms with Crippen molar-refractivity contribution in [2.75, 3.05) is 0 Å². The van der Waals surface area contributed by atoms with Crippen molar-refractivity contribution in [1.29, 1.82) is 0 Å². The molecule has 0 saturated heterocycles. The molecule has 4 fully saturated rings. The normalized spacial score (nSPS) is 62.5. The number of alkyl halides is 1. The maximum Gasteiger partial charge on any atom is 0.0597 e. The highest BCUT2D eigenvalue weighted by Crippen LogP contribution is 2.59. The van der Waals surface area contributed by atoms with E-state index in [0.717, 1.165) is 5.92 Å². The van der Waals surface area contributed by atoms with Crippen LogP contribution in [0.15, 0.2) is 0 Å². The molecule has 1 N–H and O–H groups in total. The van der Waals surface area contributed by atoms with Crippen LogP contribution in [0.2, 0.25) is 0 Å². The molecule has 0 heterocycles. The molecule has 68 valence electrons. The molecule has 0 aliphatic heterocycles. The van der Waals surface area contributed by atoms with Gasteiger partial charge in [-0.25, -0.2) is 0 Å². The quantitative estimate of drug-likeness (QED) is 0.533. The lowest BCUT2D eigenvalue weighted by molar-refractivity contribution is -0.0774. The Hall–Kier alpha value is 0.690. The van der Waals surface area contributed by atoms with Gasteiger partial charge in [-0.05, 0) is 49.9 Å². The molecular weight excluding hydrogens is 263 g/mol. The fourth-order valence-electron chi connectivity index (χ4n) is 3.90. The van der Waals surface area contributed by atoms with Crippen LogP contribution in [0.3, 0.4) is 0 Å². The molecule has 0 aromatic heterocycles. The number of halogens is 1. The molecule has 2 heteroatoms. The van der Waals surface area contributed by atoms with Gasteiger partial charge in [0.2, 0.25) is 0 Å². The fourth-order valence-corrected chi connectivity index (χ4v) is 5.65. The van der Waals surface area contributed by atoms with Gasteiger partial charge in [0.1, 0.15) is 0 Å². The third-order valence-electron chi connectivity index (χ3n) is 4.15. The average Bonchev–Trinajstić information content (AvgIpc) is 1.96. The van der Waals surface area contributed by atoms with E-state index < -0.39 is 0 Å². The van der Waals surface area contributed by atoms with E-state index in [0.29, 0.717) is 15.3 Å². The van der Waals surface area contributed by atoms with Gasteiger partial charge in [0, 0.05) is 3.42 Å². The topological polar surface area (TPSA) is 20.2 Å². The minimum atomic E-state index is 0.0597. The number of rotatable bonds is 0. The van der Waals surface area contributed by atoms with Crippen LogP contribution in [-0.2, 0) is 0 Å². The summed E-state index contributed by atoms with van der Waals surface area (Å²) in [6, 6.07) is 0. The molecule has 3 unspecified atom stereocenters. The number of aliphatic hydroxyl groups excluding tert-OH is 1. The van der Waals surface area contributed by atoms with E-state index in [9.17, 15) is 5.11 Å². The number of aliphatic hydroxyl groups is 1. The maximum atomic E-state index is 9.94. The molecule has 0 amide bonds. The molecule has 0 radical (unpaired) electrons. The molecular formula is C10H15IO. The average molecular weight is 278 g/mol.